The highest BCUT2D eigenvalue weighted by Gasteiger charge is 2.38. The number of carbonyl (C=O) groups excluding carboxylic acids is 1. The summed E-state index contributed by atoms with van der Waals surface area (Å²) < 4.78 is 6.36. The zero-order chi connectivity index (χ0) is 17.6. The van der Waals surface area contributed by atoms with E-state index in [1.165, 1.54) is 0 Å². The number of hydrogen-bond donors (Lipinski definition) is 0. The minimum Gasteiger partial charge on any atom is -0.374 e. The van der Waals surface area contributed by atoms with Crippen molar-refractivity contribution < 1.29 is 9.53 Å². The molecule has 0 bridgehead atoms. The van der Waals surface area contributed by atoms with Gasteiger partial charge in [0.15, 0.2) is 5.78 Å². The zero-order valence-electron chi connectivity index (χ0n) is 15.9. The summed E-state index contributed by atoms with van der Waals surface area (Å²) in [7, 11) is 0. The second-order valence-corrected chi connectivity index (χ2v) is 6.62. The van der Waals surface area contributed by atoms with Crippen molar-refractivity contribution in [3.8, 4) is 0 Å². The molecule has 5 atom stereocenters. The highest BCUT2D eigenvalue weighted by molar-refractivity contribution is 5.95. The van der Waals surface area contributed by atoms with E-state index in [4.69, 9.17) is 4.74 Å². The number of ketones is 1. The fraction of sp³-hybridized carbons (Fsp3) is 0.667. The molecule has 1 aromatic rings. The number of Topliss-reactive ketones (excluding diaryl/α,β-unsaturated/α-hetero) is 1. The third-order valence-electron chi connectivity index (χ3n) is 5.40. The molecule has 1 saturated heterocycles. The summed E-state index contributed by atoms with van der Waals surface area (Å²) in [6.07, 6.45) is 2.44. The molecule has 2 nitrogen and oxygen atoms in total. The summed E-state index contributed by atoms with van der Waals surface area (Å²) >= 11 is 0. The van der Waals surface area contributed by atoms with E-state index in [1.807, 2.05) is 32.0 Å². The lowest BCUT2D eigenvalue weighted by Crippen LogP contribution is -2.45. The molecule has 1 heterocycles. The van der Waals surface area contributed by atoms with Crippen molar-refractivity contribution in [3.05, 3.63) is 35.4 Å². The lowest BCUT2D eigenvalue weighted by Gasteiger charge is -2.44. The van der Waals surface area contributed by atoms with Crippen LogP contribution >= 0.6 is 0 Å². The molecule has 0 radical (unpaired) electrons. The maximum Gasteiger partial charge on any atom is 0.160 e. The molecule has 23 heavy (non-hydrogen) atoms. The van der Waals surface area contributed by atoms with Crippen molar-refractivity contribution >= 4 is 5.78 Å². The fourth-order valence-electron chi connectivity index (χ4n) is 3.59. The van der Waals surface area contributed by atoms with E-state index >= 15 is 0 Å². The van der Waals surface area contributed by atoms with Gasteiger partial charge in [-0.3, -0.25) is 4.79 Å². The molecule has 1 aliphatic rings. The number of ether oxygens (including phenoxy) is 1. The predicted octanol–water partition coefficient (Wildman–Crippen LogP) is 5.54. The summed E-state index contributed by atoms with van der Waals surface area (Å²) in [5.41, 5.74) is 1.96. The Balaban J connectivity index is 0.00000127. The third kappa shape index (κ3) is 4.67. The number of benzene rings is 1. The molecule has 0 N–H and O–H groups in total. The number of hydrogen-bond acceptors (Lipinski definition) is 2. The molecule has 5 unspecified atom stereocenters. The van der Waals surface area contributed by atoms with Gasteiger partial charge in [0.05, 0.1) is 12.2 Å². The van der Waals surface area contributed by atoms with Gasteiger partial charge in [-0.1, -0.05) is 65.8 Å². The van der Waals surface area contributed by atoms with E-state index < -0.39 is 0 Å². The molecule has 130 valence electrons. The summed E-state index contributed by atoms with van der Waals surface area (Å²) in [6.45, 7) is 14.8. The highest BCUT2D eigenvalue weighted by atomic mass is 16.5. The van der Waals surface area contributed by atoms with Crippen LogP contribution < -0.4 is 0 Å². The topological polar surface area (TPSA) is 26.3 Å². The van der Waals surface area contributed by atoms with Crippen LogP contribution in [0.5, 0.6) is 0 Å². The first-order chi connectivity index (χ1) is 11.0. The van der Waals surface area contributed by atoms with Crippen LogP contribution in [0.25, 0.3) is 0 Å². The van der Waals surface area contributed by atoms with Gasteiger partial charge in [-0.2, -0.15) is 0 Å². The molecule has 2 heteroatoms. The first-order valence-electron chi connectivity index (χ1n) is 9.20. The van der Waals surface area contributed by atoms with Crippen LogP contribution in [-0.2, 0) is 11.2 Å². The first kappa shape index (κ1) is 19.9. The second-order valence-electron chi connectivity index (χ2n) is 6.62. The van der Waals surface area contributed by atoms with Crippen LogP contribution in [0.3, 0.4) is 0 Å². The third-order valence-corrected chi connectivity index (χ3v) is 5.40. The lowest BCUT2D eigenvalue weighted by molar-refractivity contribution is -0.132. The highest BCUT2D eigenvalue weighted by Crippen LogP contribution is 2.37. The van der Waals surface area contributed by atoms with Gasteiger partial charge < -0.3 is 4.74 Å². The average molecular weight is 319 g/mol. The Hall–Kier alpha value is -1.15. The molecular formula is C21H34O2. The molecular weight excluding hydrogens is 284 g/mol. The summed E-state index contributed by atoms with van der Waals surface area (Å²) in [5, 5.41) is 0. The van der Waals surface area contributed by atoms with Crippen LogP contribution in [0.1, 0.15) is 70.8 Å². The van der Waals surface area contributed by atoms with Crippen LogP contribution in [-0.4, -0.2) is 18.0 Å². The molecule has 1 fully saturated rings. The van der Waals surface area contributed by atoms with Gasteiger partial charge in [-0.05, 0) is 43.1 Å². The Labute approximate surface area is 142 Å². The van der Waals surface area contributed by atoms with Gasteiger partial charge in [0.2, 0.25) is 0 Å². The lowest BCUT2D eigenvalue weighted by atomic mass is 9.74. The van der Waals surface area contributed by atoms with Gasteiger partial charge in [-0.15, -0.1) is 0 Å². The van der Waals surface area contributed by atoms with Gasteiger partial charge >= 0.3 is 0 Å². The molecule has 1 aliphatic heterocycles. The van der Waals surface area contributed by atoms with Gasteiger partial charge in [-0.25, -0.2) is 0 Å². The Morgan fingerprint density at radius 3 is 2.13 bits per heavy atom. The molecule has 1 aromatic carbocycles. The van der Waals surface area contributed by atoms with Gasteiger partial charge in [0.1, 0.15) is 0 Å². The van der Waals surface area contributed by atoms with Crippen LogP contribution in [0, 0.1) is 17.8 Å². The van der Waals surface area contributed by atoms with E-state index in [-0.39, 0.29) is 11.9 Å². The Morgan fingerprint density at radius 2 is 1.57 bits per heavy atom. The predicted molar refractivity (Wildman–Crippen MR) is 97.9 cm³/mol. The second kappa shape index (κ2) is 9.22. The fourth-order valence-corrected chi connectivity index (χ4v) is 3.59. The monoisotopic (exact) mass is 318 g/mol. The van der Waals surface area contributed by atoms with Crippen LogP contribution in [0.15, 0.2) is 24.3 Å². The molecule has 0 saturated carbocycles. The molecule has 2 rings (SSSR count). The molecule has 0 spiro atoms. The van der Waals surface area contributed by atoms with Crippen molar-refractivity contribution in [1.29, 1.82) is 0 Å². The normalized spacial score (nSPS) is 30.3. The van der Waals surface area contributed by atoms with Crippen LogP contribution in [0.2, 0.25) is 0 Å². The van der Waals surface area contributed by atoms with Crippen molar-refractivity contribution in [2.24, 2.45) is 17.8 Å². The van der Waals surface area contributed by atoms with Crippen molar-refractivity contribution in [2.75, 3.05) is 0 Å². The molecule has 0 amide bonds. The minimum absolute atomic E-state index is 0.141. The standard InChI is InChI=1S/C19H28O2.C2H6/c1-6-18-13(3)12(2)14(4)19(21-18)11-16-9-7-8-10-17(16)15(5)20;1-2/h7-10,12-14,18-19H,6,11H2,1-5H3;1-2H3. The summed E-state index contributed by atoms with van der Waals surface area (Å²) in [6, 6.07) is 7.94. The van der Waals surface area contributed by atoms with E-state index in [0.717, 1.165) is 24.0 Å². The van der Waals surface area contributed by atoms with E-state index in [2.05, 4.69) is 33.8 Å². The maximum atomic E-state index is 11.8. The van der Waals surface area contributed by atoms with Crippen molar-refractivity contribution in [2.45, 2.75) is 73.5 Å². The van der Waals surface area contributed by atoms with Gasteiger partial charge in [0.25, 0.3) is 0 Å². The Morgan fingerprint density at radius 1 is 1.00 bits per heavy atom. The molecule has 0 aromatic heterocycles. The van der Waals surface area contributed by atoms with Crippen molar-refractivity contribution in [3.63, 3.8) is 0 Å². The number of rotatable bonds is 4. The van der Waals surface area contributed by atoms with E-state index in [9.17, 15) is 4.79 Å². The maximum absolute atomic E-state index is 11.8. The summed E-state index contributed by atoms with van der Waals surface area (Å²) in [4.78, 5) is 11.8. The van der Waals surface area contributed by atoms with Crippen LogP contribution in [0.4, 0.5) is 0 Å². The Kier molecular flexibility index (Phi) is 7.98. The summed E-state index contributed by atoms with van der Waals surface area (Å²) in [5.74, 6) is 1.91. The minimum atomic E-state index is 0.141. The van der Waals surface area contributed by atoms with E-state index in [0.29, 0.717) is 23.9 Å². The van der Waals surface area contributed by atoms with E-state index in [1.54, 1.807) is 6.92 Å². The number of carbonyl (C=O) groups is 1. The SMILES string of the molecule is CC.CCC1OC(Cc2ccccc2C(C)=O)C(C)C(C)C1C. The van der Waals surface area contributed by atoms with Gasteiger partial charge in [0, 0.05) is 5.56 Å². The molecule has 0 aliphatic carbocycles. The smallest absolute Gasteiger partial charge is 0.160 e. The zero-order valence-corrected chi connectivity index (χ0v) is 15.9. The largest absolute Gasteiger partial charge is 0.374 e. The quantitative estimate of drug-likeness (QED) is 0.681. The van der Waals surface area contributed by atoms with Crippen molar-refractivity contribution in [1.82, 2.24) is 0 Å². The first-order valence-corrected chi connectivity index (χ1v) is 9.20. The Bertz CT molecular complexity index is 492. The average Bonchev–Trinajstić information content (AvgIpc) is 2.57.